The van der Waals surface area contributed by atoms with Gasteiger partial charge >= 0.3 is 0 Å². The zero-order valence-electron chi connectivity index (χ0n) is 17.4. The van der Waals surface area contributed by atoms with E-state index in [1.807, 2.05) is 54.0 Å². The molecule has 2 aromatic carbocycles. The first-order chi connectivity index (χ1) is 15.0. The van der Waals surface area contributed by atoms with E-state index in [-0.39, 0.29) is 24.1 Å². The monoisotopic (exact) mass is 501 g/mol. The minimum Gasteiger partial charge on any atom is -0.345 e. The van der Waals surface area contributed by atoms with E-state index in [9.17, 15) is 9.59 Å². The predicted octanol–water partition coefficient (Wildman–Crippen LogP) is 4.28. The van der Waals surface area contributed by atoms with E-state index in [0.29, 0.717) is 23.1 Å². The average molecular weight is 502 g/mol. The molecule has 0 spiro atoms. The third-order valence-corrected chi connectivity index (χ3v) is 6.30. The first-order valence-corrected chi connectivity index (χ1v) is 11.8. The number of thioether (sulfide) groups is 1. The Morgan fingerprint density at radius 2 is 1.81 bits per heavy atom. The fraction of sp³-hybridized carbons (Fsp3) is 0.273. The number of rotatable bonds is 9. The summed E-state index contributed by atoms with van der Waals surface area (Å²) >= 11 is 4.71. The van der Waals surface area contributed by atoms with Crippen LogP contribution in [0.25, 0.3) is 0 Å². The van der Waals surface area contributed by atoms with E-state index in [4.69, 9.17) is 0 Å². The molecule has 0 saturated carbocycles. The number of carbonyl (C=O) groups is 2. The lowest BCUT2D eigenvalue weighted by molar-refractivity contribution is -0.113. The Morgan fingerprint density at radius 3 is 2.55 bits per heavy atom. The topological polar surface area (TPSA) is 88.9 Å². The van der Waals surface area contributed by atoms with Crippen molar-refractivity contribution >= 4 is 45.2 Å². The minimum atomic E-state index is -0.193. The Morgan fingerprint density at radius 1 is 1.06 bits per heavy atom. The Kier molecular flexibility index (Phi) is 8.25. The van der Waals surface area contributed by atoms with Crippen molar-refractivity contribution in [3.8, 4) is 0 Å². The fourth-order valence-corrected chi connectivity index (χ4v) is 4.33. The number of amides is 2. The molecular weight excluding hydrogens is 478 g/mol. The van der Waals surface area contributed by atoms with Crippen LogP contribution in [0.15, 0.2) is 58.2 Å². The molecule has 3 aromatic rings. The lowest BCUT2D eigenvalue weighted by Crippen LogP contribution is -2.25. The summed E-state index contributed by atoms with van der Waals surface area (Å²) in [5, 5.41) is 14.9. The van der Waals surface area contributed by atoms with Crippen LogP contribution in [-0.2, 0) is 24.3 Å². The Bertz CT molecular complexity index is 1070. The van der Waals surface area contributed by atoms with Gasteiger partial charge in [-0.1, -0.05) is 49.0 Å². The summed E-state index contributed by atoms with van der Waals surface area (Å²) in [4.78, 5) is 24.8. The van der Waals surface area contributed by atoms with Crippen molar-refractivity contribution in [3.63, 3.8) is 0 Å². The maximum absolute atomic E-state index is 12.4. The quantitative estimate of drug-likeness (QED) is 0.427. The summed E-state index contributed by atoms with van der Waals surface area (Å²) in [6, 6.07) is 15.0. The zero-order chi connectivity index (χ0) is 22.2. The summed E-state index contributed by atoms with van der Waals surface area (Å²) in [7, 11) is 0. The maximum Gasteiger partial charge on any atom is 0.252 e. The van der Waals surface area contributed by atoms with Crippen LogP contribution in [0.2, 0.25) is 0 Å². The minimum absolute atomic E-state index is 0.0969. The van der Waals surface area contributed by atoms with Crippen molar-refractivity contribution in [1.29, 1.82) is 0 Å². The zero-order valence-corrected chi connectivity index (χ0v) is 19.8. The standard InChI is InChI=1S/C22H24BrN5O2S/c1-3-15-9-5-8-12-18(15)25-20(29)14-31-22-27-26-19(28(22)4-2)13-24-21(30)16-10-6-7-11-17(16)23/h5-12H,3-4,13-14H2,1-2H3,(H,24,30)(H,25,29). The van der Waals surface area contributed by atoms with Gasteiger partial charge < -0.3 is 15.2 Å². The van der Waals surface area contributed by atoms with E-state index >= 15 is 0 Å². The van der Waals surface area contributed by atoms with Gasteiger partial charge in [0.1, 0.15) is 0 Å². The van der Waals surface area contributed by atoms with Crippen molar-refractivity contribution in [3.05, 3.63) is 70.0 Å². The lowest BCUT2D eigenvalue weighted by atomic mass is 10.1. The third-order valence-electron chi connectivity index (χ3n) is 4.64. The first-order valence-electron chi connectivity index (χ1n) is 9.98. The van der Waals surface area contributed by atoms with E-state index in [1.54, 1.807) is 6.07 Å². The van der Waals surface area contributed by atoms with Gasteiger partial charge in [-0.15, -0.1) is 10.2 Å². The number of aryl methyl sites for hydroxylation is 1. The molecule has 3 rings (SSSR count). The van der Waals surface area contributed by atoms with E-state index < -0.39 is 0 Å². The molecule has 0 aliphatic carbocycles. The number of hydrogen-bond acceptors (Lipinski definition) is 5. The SMILES string of the molecule is CCc1ccccc1NC(=O)CSc1nnc(CNC(=O)c2ccccc2Br)n1CC. The highest BCUT2D eigenvalue weighted by Gasteiger charge is 2.15. The van der Waals surface area contributed by atoms with E-state index in [2.05, 4.69) is 43.7 Å². The second-order valence-corrected chi connectivity index (χ2v) is 8.45. The van der Waals surface area contributed by atoms with Crippen LogP contribution in [0.1, 0.15) is 35.6 Å². The number of nitrogens with one attached hydrogen (secondary N) is 2. The van der Waals surface area contributed by atoms with E-state index in [0.717, 1.165) is 22.1 Å². The van der Waals surface area contributed by atoms with Gasteiger partial charge in [-0.25, -0.2) is 0 Å². The summed E-state index contributed by atoms with van der Waals surface area (Å²) in [6.45, 7) is 4.91. The van der Waals surface area contributed by atoms with Gasteiger partial charge in [0.05, 0.1) is 17.9 Å². The molecular formula is C22H24BrN5O2S. The summed E-state index contributed by atoms with van der Waals surface area (Å²) in [6.07, 6.45) is 0.850. The molecule has 0 aliphatic heterocycles. The molecule has 0 bridgehead atoms. The molecule has 1 heterocycles. The van der Waals surface area contributed by atoms with Crippen molar-refractivity contribution < 1.29 is 9.59 Å². The van der Waals surface area contributed by atoms with Gasteiger partial charge in [-0.05, 0) is 53.0 Å². The molecule has 31 heavy (non-hydrogen) atoms. The molecule has 7 nitrogen and oxygen atoms in total. The average Bonchev–Trinajstić information content (AvgIpc) is 3.18. The molecule has 2 amide bonds. The molecule has 0 atom stereocenters. The molecule has 0 radical (unpaired) electrons. The number of anilines is 1. The van der Waals surface area contributed by atoms with Gasteiger partial charge in [-0.2, -0.15) is 0 Å². The van der Waals surface area contributed by atoms with Crippen LogP contribution < -0.4 is 10.6 Å². The predicted molar refractivity (Wildman–Crippen MR) is 126 cm³/mol. The first kappa shape index (κ1) is 23.0. The molecule has 0 saturated heterocycles. The highest BCUT2D eigenvalue weighted by molar-refractivity contribution is 9.10. The molecule has 162 valence electrons. The molecule has 1 aromatic heterocycles. The van der Waals surface area contributed by atoms with Gasteiger partial charge in [0, 0.05) is 16.7 Å². The summed E-state index contributed by atoms with van der Waals surface area (Å²) in [5.74, 6) is 0.572. The largest absolute Gasteiger partial charge is 0.345 e. The Balaban J connectivity index is 1.59. The van der Waals surface area contributed by atoms with Crippen LogP contribution in [-0.4, -0.2) is 32.3 Å². The molecule has 0 fully saturated rings. The smallest absolute Gasteiger partial charge is 0.252 e. The van der Waals surface area contributed by atoms with Crippen LogP contribution in [0.4, 0.5) is 5.69 Å². The second kappa shape index (κ2) is 11.1. The van der Waals surface area contributed by atoms with Crippen LogP contribution in [0, 0.1) is 0 Å². The second-order valence-electron chi connectivity index (χ2n) is 6.65. The van der Waals surface area contributed by atoms with Crippen molar-refractivity contribution in [1.82, 2.24) is 20.1 Å². The number of nitrogens with zero attached hydrogens (tertiary/aromatic N) is 3. The van der Waals surface area contributed by atoms with Crippen LogP contribution in [0.5, 0.6) is 0 Å². The number of halogens is 1. The lowest BCUT2D eigenvalue weighted by Gasteiger charge is -2.10. The third kappa shape index (κ3) is 5.95. The molecule has 0 unspecified atom stereocenters. The molecule has 9 heteroatoms. The summed E-state index contributed by atoms with van der Waals surface area (Å²) < 4.78 is 2.63. The number of benzene rings is 2. The Hall–Kier alpha value is -2.65. The van der Waals surface area contributed by atoms with E-state index in [1.165, 1.54) is 11.8 Å². The van der Waals surface area contributed by atoms with Crippen LogP contribution >= 0.6 is 27.7 Å². The van der Waals surface area contributed by atoms with Gasteiger partial charge in [0.25, 0.3) is 5.91 Å². The number of para-hydroxylation sites is 1. The van der Waals surface area contributed by atoms with Crippen molar-refractivity contribution in [2.24, 2.45) is 0 Å². The van der Waals surface area contributed by atoms with Gasteiger partial charge in [0.2, 0.25) is 5.91 Å². The number of carbonyl (C=O) groups excluding carboxylic acids is 2. The summed E-state index contributed by atoms with van der Waals surface area (Å²) in [5.41, 5.74) is 2.49. The molecule has 0 aliphatic rings. The normalized spacial score (nSPS) is 10.7. The molecule has 2 N–H and O–H groups in total. The number of hydrogen-bond donors (Lipinski definition) is 2. The van der Waals surface area contributed by atoms with Crippen molar-refractivity contribution in [2.45, 2.75) is 38.5 Å². The highest BCUT2D eigenvalue weighted by atomic mass is 79.9. The van der Waals surface area contributed by atoms with Crippen molar-refractivity contribution in [2.75, 3.05) is 11.1 Å². The van der Waals surface area contributed by atoms with Gasteiger partial charge in [-0.3, -0.25) is 9.59 Å². The number of aromatic nitrogens is 3. The maximum atomic E-state index is 12.4. The Labute approximate surface area is 194 Å². The fourth-order valence-electron chi connectivity index (χ4n) is 3.04. The van der Waals surface area contributed by atoms with Crippen LogP contribution in [0.3, 0.4) is 0 Å². The van der Waals surface area contributed by atoms with Gasteiger partial charge in [0.15, 0.2) is 11.0 Å². The highest BCUT2D eigenvalue weighted by Crippen LogP contribution is 2.20.